The number of hydrogen-bond donors (Lipinski definition) is 2. The van der Waals surface area contributed by atoms with Crippen LogP contribution in [0.1, 0.15) is 22.9 Å². The smallest absolute Gasteiger partial charge is 0.274 e. The van der Waals surface area contributed by atoms with Gasteiger partial charge in [-0.1, -0.05) is 24.3 Å². The van der Waals surface area contributed by atoms with Crippen LogP contribution in [0.15, 0.2) is 45.9 Å². The summed E-state index contributed by atoms with van der Waals surface area (Å²) < 4.78 is 32.1. The first-order chi connectivity index (χ1) is 10.1. The second-order valence-corrected chi connectivity index (χ2v) is 6.87. The Morgan fingerprint density at radius 2 is 2.10 bits per heavy atom. The standard InChI is InChI=1S/C15H18N2O3S/c1-11-6-7-15(20-11)21(18,19)17-10-14-13-5-3-2-4-12(13)8-9-16-14/h2-7,14,16-17H,8-10H2,1H3. The SMILES string of the molecule is Cc1ccc(S(=O)(=O)NCC2NCCc3ccccc32)o1. The average molecular weight is 306 g/mol. The molecule has 6 heteroatoms. The number of benzene rings is 1. The lowest BCUT2D eigenvalue weighted by molar-refractivity contribution is 0.421. The largest absolute Gasteiger partial charge is 0.449 e. The lowest BCUT2D eigenvalue weighted by Gasteiger charge is -2.26. The minimum atomic E-state index is -3.60. The first-order valence-electron chi connectivity index (χ1n) is 6.93. The van der Waals surface area contributed by atoms with Crippen molar-refractivity contribution in [3.63, 3.8) is 0 Å². The van der Waals surface area contributed by atoms with Gasteiger partial charge in [0.1, 0.15) is 5.76 Å². The molecule has 0 aliphatic carbocycles. The van der Waals surface area contributed by atoms with E-state index in [2.05, 4.69) is 16.1 Å². The molecular formula is C15H18N2O3S. The Morgan fingerprint density at radius 3 is 2.86 bits per heavy atom. The zero-order valence-electron chi connectivity index (χ0n) is 11.8. The second kappa shape index (κ2) is 5.63. The van der Waals surface area contributed by atoms with Gasteiger partial charge in [-0.3, -0.25) is 0 Å². The molecule has 0 radical (unpaired) electrons. The van der Waals surface area contributed by atoms with E-state index in [-0.39, 0.29) is 11.1 Å². The summed E-state index contributed by atoms with van der Waals surface area (Å²) in [6.45, 7) is 2.88. The van der Waals surface area contributed by atoms with E-state index >= 15 is 0 Å². The summed E-state index contributed by atoms with van der Waals surface area (Å²) in [6, 6.07) is 11.2. The van der Waals surface area contributed by atoms with Crippen molar-refractivity contribution in [1.82, 2.24) is 10.0 Å². The van der Waals surface area contributed by atoms with Gasteiger partial charge >= 0.3 is 0 Å². The molecule has 0 spiro atoms. The Balaban J connectivity index is 1.74. The molecule has 1 atom stereocenters. The van der Waals surface area contributed by atoms with Crippen molar-refractivity contribution < 1.29 is 12.8 Å². The second-order valence-electron chi connectivity index (χ2n) is 5.17. The molecule has 21 heavy (non-hydrogen) atoms. The molecule has 1 aliphatic heterocycles. The monoisotopic (exact) mass is 306 g/mol. The van der Waals surface area contributed by atoms with Crippen molar-refractivity contribution in [1.29, 1.82) is 0 Å². The van der Waals surface area contributed by atoms with Crippen LogP contribution in [0.3, 0.4) is 0 Å². The van der Waals surface area contributed by atoms with Crippen LogP contribution in [0.5, 0.6) is 0 Å². The van der Waals surface area contributed by atoms with Gasteiger partial charge in [0, 0.05) is 12.6 Å². The fourth-order valence-electron chi connectivity index (χ4n) is 2.60. The highest BCUT2D eigenvalue weighted by molar-refractivity contribution is 7.89. The Bertz CT molecular complexity index is 737. The number of hydrogen-bond acceptors (Lipinski definition) is 4. The summed E-state index contributed by atoms with van der Waals surface area (Å²) in [6.07, 6.45) is 0.969. The highest BCUT2D eigenvalue weighted by atomic mass is 32.2. The van der Waals surface area contributed by atoms with Crippen LogP contribution < -0.4 is 10.0 Å². The maximum atomic E-state index is 12.2. The summed E-state index contributed by atoms with van der Waals surface area (Å²) >= 11 is 0. The summed E-state index contributed by atoms with van der Waals surface area (Å²) in [4.78, 5) is 0. The van der Waals surface area contributed by atoms with Crippen molar-refractivity contribution in [3.8, 4) is 0 Å². The van der Waals surface area contributed by atoms with E-state index < -0.39 is 10.0 Å². The zero-order chi connectivity index (χ0) is 14.9. The predicted octanol–water partition coefficient (Wildman–Crippen LogP) is 1.75. The van der Waals surface area contributed by atoms with E-state index in [4.69, 9.17) is 4.42 Å². The molecule has 2 aromatic rings. The maximum absolute atomic E-state index is 12.2. The summed E-state index contributed by atoms with van der Waals surface area (Å²) in [5.74, 6) is 0.580. The highest BCUT2D eigenvalue weighted by Crippen LogP contribution is 2.22. The first kappa shape index (κ1) is 14.3. The molecule has 0 saturated carbocycles. The highest BCUT2D eigenvalue weighted by Gasteiger charge is 2.23. The topological polar surface area (TPSA) is 71.3 Å². The van der Waals surface area contributed by atoms with E-state index in [1.807, 2.05) is 18.2 Å². The maximum Gasteiger partial charge on any atom is 0.274 e. The number of furan rings is 1. The van der Waals surface area contributed by atoms with E-state index in [9.17, 15) is 8.42 Å². The number of fused-ring (bicyclic) bond motifs is 1. The molecule has 2 heterocycles. The third kappa shape index (κ3) is 3.02. The van der Waals surface area contributed by atoms with Gasteiger partial charge in [-0.05, 0) is 43.1 Å². The van der Waals surface area contributed by atoms with Crippen LogP contribution in [-0.2, 0) is 16.4 Å². The molecule has 0 amide bonds. The van der Waals surface area contributed by atoms with Gasteiger partial charge in [0.25, 0.3) is 10.0 Å². The quantitative estimate of drug-likeness (QED) is 0.903. The molecule has 2 N–H and O–H groups in total. The van der Waals surface area contributed by atoms with Gasteiger partial charge in [-0.2, -0.15) is 0 Å². The van der Waals surface area contributed by atoms with Crippen molar-refractivity contribution in [2.45, 2.75) is 24.5 Å². The lowest BCUT2D eigenvalue weighted by Crippen LogP contribution is -2.38. The normalized spacial score (nSPS) is 18.4. The molecule has 0 bridgehead atoms. The van der Waals surface area contributed by atoms with Crippen LogP contribution in [0.4, 0.5) is 0 Å². The third-order valence-corrected chi connectivity index (χ3v) is 4.97. The number of rotatable bonds is 4. The Hall–Kier alpha value is -1.63. The number of nitrogens with one attached hydrogen (secondary N) is 2. The zero-order valence-corrected chi connectivity index (χ0v) is 12.6. The molecule has 1 aromatic heterocycles. The van der Waals surface area contributed by atoms with Crippen molar-refractivity contribution in [2.75, 3.05) is 13.1 Å². The number of sulfonamides is 1. The molecule has 0 fully saturated rings. The first-order valence-corrected chi connectivity index (χ1v) is 8.42. The fraction of sp³-hybridized carbons (Fsp3) is 0.333. The van der Waals surface area contributed by atoms with E-state index in [0.717, 1.165) is 18.5 Å². The molecule has 112 valence electrons. The summed E-state index contributed by atoms with van der Waals surface area (Å²) in [7, 11) is -3.60. The molecule has 1 aromatic carbocycles. The molecule has 1 unspecified atom stereocenters. The molecule has 5 nitrogen and oxygen atoms in total. The predicted molar refractivity (Wildman–Crippen MR) is 79.5 cm³/mol. The average Bonchev–Trinajstić information content (AvgIpc) is 2.93. The Labute approximate surface area is 124 Å². The minimum absolute atomic E-state index is 0.0132. The van der Waals surface area contributed by atoms with Crippen LogP contribution in [0.2, 0.25) is 0 Å². The van der Waals surface area contributed by atoms with Gasteiger partial charge in [0.2, 0.25) is 5.09 Å². The molecule has 0 saturated heterocycles. The minimum Gasteiger partial charge on any atom is -0.449 e. The van der Waals surface area contributed by atoms with Crippen molar-refractivity contribution >= 4 is 10.0 Å². The fourth-order valence-corrected chi connectivity index (χ4v) is 3.61. The lowest BCUT2D eigenvalue weighted by atomic mass is 9.95. The van der Waals surface area contributed by atoms with E-state index in [1.54, 1.807) is 13.0 Å². The van der Waals surface area contributed by atoms with Crippen molar-refractivity contribution in [3.05, 3.63) is 53.3 Å². The van der Waals surface area contributed by atoms with Crippen molar-refractivity contribution in [2.24, 2.45) is 0 Å². The van der Waals surface area contributed by atoms with Crippen LogP contribution in [-0.4, -0.2) is 21.5 Å². The van der Waals surface area contributed by atoms with Crippen LogP contribution in [0.25, 0.3) is 0 Å². The molecule has 1 aliphatic rings. The molecular weight excluding hydrogens is 288 g/mol. The summed E-state index contributed by atoms with van der Waals surface area (Å²) in [5.41, 5.74) is 2.43. The van der Waals surface area contributed by atoms with Gasteiger partial charge in [-0.15, -0.1) is 0 Å². The van der Waals surface area contributed by atoms with E-state index in [1.165, 1.54) is 11.6 Å². The Morgan fingerprint density at radius 1 is 1.29 bits per heavy atom. The van der Waals surface area contributed by atoms with Crippen LogP contribution in [0, 0.1) is 6.92 Å². The van der Waals surface area contributed by atoms with Gasteiger partial charge in [0.15, 0.2) is 0 Å². The van der Waals surface area contributed by atoms with Gasteiger partial charge in [-0.25, -0.2) is 13.1 Å². The number of aryl methyl sites for hydroxylation is 1. The molecule has 3 rings (SSSR count). The van der Waals surface area contributed by atoms with Crippen LogP contribution >= 0.6 is 0 Å². The van der Waals surface area contributed by atoms with E-state index in [0.29, 0.717) is 12.3 Å². The van der Waals surface area contributed by atoms with Gasteiger partial charge in [0.05, 0.1) is 0 Å². The Kier molecular flexibility index (Phi) is 3.84. The summed E-state index contributed by atoms with van der Waals surface area (Å²) in [5, 5.41) is 3.31. The van der Waals surface area contributed by atoms with Gasteiger partial charge < -0.3 is 9.73 Å². The third-order valence-electron chi connectivity index (χ3n) is 3.67.